The van der Waals surface area contributed by atoms with Crippen LogP contribution in [0.25, 0.3) is 28.4 Å². The van der Waals surface area contributed by atoms with E-state index in [1.807, 2.05) is 61.5 Å². The highest BCUT2D eigenvalue weighted by Gasteiger charge is 2.29. The molecule has 0 N–H and O–H groups in total. The third kappa shape index (κ3) is 5.12. The van der Waals surface area contributed by atoms with Gasteiger partial charge in [0.25, 0.3) is 0 Å². The number of hydrogen-bond acceptors (Lipinski definition) is 6. The van der Waals surface area contributed by atoms with E-state index in [1.165, 1.54) is 5.56 Å². The first-order valence-corrected chi connectivity index (χ1v) is 13.6. The summed E-state index contributed by atoms with van der Waals surface area (Å²) in [6, 6.07) is 27.5. The maximum atomic E-state index is 13.7. The summed E-state index contributed by atoms with van der Waals surface area (Å²) >= 11 is 0. The molecule has 0 atom stereocenters. The quantitative estimate of drug-likeness (QED) is 0.116. The second-order valence-electron chi connectivity index (χ2n) is 10.1. The van der Waals surface area contributed by atoms with Crippen molar-refractivity contribution in [3.05, 3.63) is 119 Å². The second kappa shape index (κ2) is 10.8. The number of Topliss-reactive ketones (excluding diaryl/α,β-unsaturated/α-hetero) is 1. The summed E-state index contributed by atoms with van der Waals surface area (Å²) in [5.41, 5.74) is 4.07. The van der Waals surface area contributed by atoms with Crippen LogP contribution in [0.5, 0.6) is 17.2 Å². The number of ether oxygens (including phenoxy) is 3. The van der Waals surface area contributed by atoms with Crippen LogP contribution in [0.4, 0.5) is 0 Å². The molecule has 0 amide bonds. The van der Waals surface area contributed by atoms with E-state index in [1.54, 1.807) is 42.5 Å². The minimum atomic E-state index is -0.596. The predicted octanol–water partition coefficient (Wildman–Crippen LogP) is 8.46. The lowest BCUT2D eigenvalue weighted by Crippen LogP contribution is -2.09. The van der Waals surface area contributed by atoms with Crippen molar-refractivity contribution in [3.63, 3.8) is 0 Å². The summed E-state index contributed by atoms with van der Waals surface area (Å²) in [5.74, 6) is 1.43. The number of carbonyl (C=O) groups is 2. The van der Waals surface area contributed by atoms with Crippen LogP contribution in [-0.4, -0.2) is 18.4 Å². The molecule has 0 unspecified atom stereocenters. The number of esters is 1. The summed E-state index contributed by atoms with van der Waals surface area (Å²) in [5, 5.41) is 0.584. The van der Waals surface area contributed by atoms with E-state index in [9.17, 15) is 9.59 Å². The van der Waals surface area contributed by atoms with Gasteiger partial charge in [0.05, 0.1) is 12.2 Å². The third-order valence-corrected chi connectivity index (χ3v) is 6.96. The Labute approximate surface area is 237 Å². The number of ketones is 1. The zero-order chi connectivity index (χ0) is 28.5. The van der Waals surface area contributed by atoms with Crippen LogP contribution >= 0.6 is 0 Å². The van der Waals surface area contributed by atoms with Gasteiger partial charge < -0.3 is 18.6 Å². The Bertz CT molecular complexity index is 1790. The first kappa shape index (κ1) is 26.1. The molecule has 2 heterocycles. The van der Waals surface area contributed by atoms with Crippen LogP contribution in [0.2, 0.25) is 0 Å². The SMILES string of the molecule is CCOc1ccc2oc(-c3ccccc3)c(C(=O)Oc3ccc4c(c3)O/C(=C\c3ccc(C(C)C)cc3)C4=O)c2c1. The summed E-state index contributed by atoms with van der Waals surface area (Å²) in [6.07, 6.45) is 1.72. The third-order valence-electron chi connectivity index (χ3n) is 6.96. The molecule has 6 nitrogen and oxygen atoms in total. The Hall–Kier alpha value is -5.10. The molecule has 0 spiro atoms. The molecular formula is C35H28O6. The standard InChI is InChI=1S/C35H28O6/c1-4-38-25-15-17-29-28(19-25)32(34(41-29)24-8-6-5-7-9-24)35(37)39-26-14-16-27-30(20-26)40-31(33(27)36)18-22-10-12-23(13-11-22)21(2)3/h5-21H,4H2,1-3H3/b31-18-. The highest BCUT2D eigenvalue weighted by molar-refractivity contribution is 6.15. The fraction of sp³-hybridized carbons (Fsp3) is 0.143. The van der Waals surface area contributed by atoms with Crippen molar-refractivity contribution in [3.8, 4) is 28.6 Å². The molecule has 1 aromatic heterocycles. The zero-order valence-corrected chi connectivity index (χ0v) is 23.0. The van der Waals surface area contributed by atoms with E-state index in [2.05, 4.69) is 13.8 Å². The second-order valence-corrected chi connectivity index (χ2v) is 10.1. The molecule has 0 aliphatic carbocycles. The van der Waals surface area contributed by atoms with Crippen LogP contribution in [0.15, 0.2) is 101 Å². The molecule has 0 bridgehead atoms. The number of fused-ring (bicyclic) bond motifs is 2. The van der Waals surface area contributed by atoms with Crippen molar-refractivity contribution in [2.75, 3.05) is 6.61 Å². The van der Waals surface area contributed by atoms with Crippen LogP contribution < -0.4 is 14.2 Å². The molecule has 4 aromatic carbocycles. The normalized spacial score (nSPS) is 13.5. The van der Waals surface area contributed by atoms with E-state index < -0.39 is 5.97 Å². The molecule has 0 fully saturated rings. The highest BCUT2D eigenvalue weighted by atomic mass is 16.5. The highest BCUT2D eigenvalue weighted by Crippen LogP contribution is 2.38. The molecule has 1 aliphatic heterocycles. The number of rotatable bonds is 7. The van der Waals surface area contributed by atoms with Gasteiger partial charge in [-0.15, -0.1) is 0 Å². The van der Waals surface area contributed by atoms with Gasteiger partial charge in [-0.05, 0) is 60.4 Å². The average Bonchev–Trinajstić information content (AvgIpc) is 3.51. The molecule has 1 aliphatic rings. The largest absolute Gasteiger partial charge is 0.494 e. The lowest BCUT2D eigenvalue weighted by molar-refractivity contribution is 0.0736. The Balaban J connectivity index is 1.30. The number of hydrogen-bond donors (Lipinski definition) is 0. The molecule has 6 rings (SSSR count). The summed E-state index contributed by atoms with van der Waals surface area (Å²) < 4.78 is 23.5. The van der Waals surface area contributed by atoms with Gasteiger partial charge in [0.2, 0.25) is 5.78 Å². The fourth-order valence-electron chi connectivity index (χ4n) is 4.85. The molecule has 41 heavy (non-hydrogen) atoms. The van der Waals surface area contributed by atoms with Crippen LogP contribution in [0.1, 0.15) is 58.5 Å². The Kier molecular flexibility index (Phi) is 6.89. The van der Waals surface area contributed by atoms with Gasteiger partial charge >= 0.3 is 5.97 Å². The van der Waals surface area contributed by atoms with Gasteiger partial charge in [0.1, 0.15) is 34.2 Å². The number of allylic oxidation sites excluding steroid dienone is 1. The predicted molar refractivity (Wildman–Crippen MR) is 158 cm³/mol. The minimum Gasteiger partial charge on any atom is -0.494 e. The van der Waals surface area contributed by atoms with Crippen molar-refractivity contribution in [1.29, 1.82) is 0 Å². The molecule has 204 valence electrons. The van der Waals surface area contributed by atoms with Crippen molar-refractivity contribution >= 4 is 28.8 Å². The molecule has 0 saturated heterocycles. The first-order valence-electron chi connectivity index (χ1n) is 13.6. The fourth-order valence-corrected chi connectivity index (χ4v) is 4.85. The van der Waals surface area contributed by atoms with E-state index in [4.69, 9.17) is 18.6 Å². The topological polar surface area (TPSA) is 75.0 Å². The monoisotopic (exact) mass is 544 g/mol. The average molecular weight is 545 g/mol. The summed E-state index contributed by atoms with van der Waals surface area (Å²) in [4.78, 5) is 26.7. The summed E-state index contributed by atoms with van der Waals surface area (Å²) in [7, 11) is 0. The van der Waals surface area contributed by atoms with Crippen molar-refractivity contribution in [2.24, 2.45) is 0 Å². The molecule has 0 saturated carbocycles. The minimum absolute atomic E-state index is 0.219. The maximum Gasteiger partial charge on any atom is 0.348 e. The van der Waals surface area contributed by atoms with Gasteiger partial charge in [0.15, 0.2) is 5.76 Å². The van der Waals surface area contributed by atoms with Crippen LogP contribution in [0, 0.1) is 0 Å². The van der Waals surface area contributed by atoms with E-state index in [0.717, 1.165) is 11.1 Å². The Morgan fingerprint density at radius 1 is 0.902 bits per heavy atom. The summed E-state index contributed by atoms with van der Waals surface area (Å²) in [6.45, 7) is 6.65. The zero-order valence-electron chi connectivity index (χ0n) is 23.0. The van der Waals surface area contributed by atoms with E-state index >= 15 is 0 Å². The molecular weight excluding hydrogens is 516 g/mol. The van der Waals surface area contributed by atoms with Gasteiger partial charge in [-0.3, -0.25) is 4.79 Å². The smallest absolute Gasteiger partial charge is 0.348 e. The van der Waals surface area contributed by atoms with Crippen molar-refractivity contribution in [2.45, 2.75) is 26.7 Å². The van der Waals surface area contributed by atoms with Gasteiger partial charge in [-0.1, -0.05) is 68.4 Å². The number of carbonyl (C=O) groups excluding carboxylic acids is 2. The van der Waals surface area contributed by atoms with E-state index in [-0.39, 0.29) is 22.9 Å². The number of benzene rings is 4. The van der Waals surface area contributed by atoms with E-state index in [0.29, 0.717) is 46.3 Å². The first-order chi connectivity index (χ1) is 19.9. The Morgan fingerprint density at radius 2 is 1.66 bits per heavy atom. The maximum absolute atomic E-state index is 13.7. The molecule has 5 aromatic rings. The lowest BCUT2D eigenvalue weighted by atomic mass is 10.0. The van der Waals surface area contributed by atoms with Crippen molar-refractivity contribution < 1.29 is 28.2 Å². The van der Waals surface area contributed by atoms with Gasteiger partial charge in [0, 0.05) is 17.0 Å². The van der Waals surface area contributed by atoms with Gasteiger partial charge in [-0.2, -0.15) is 0 Å². The van der Waals surface area contributed by atoms with Gasteiger partial charge in [-0.25, -0.2) is 4.79 Å². The van der Waals surface area contributed by atoms with Crippen molar-refractivity contribution in [1.82, 2.24) is 0 Å². The molecule has 0 radical (unpaired) electrons. The Morgan fingerprint density at radius 3 is 2.39 bits per heavy atom. The molecule has 6 heteroatoms. The van der Waals surface area contributed by atoms with Crippen LogP contribution in [-0.2, 0) is 0 Å². The number of furan rings is 1. The lowest BCUT2D eigenvalue weighted by Gasteiger charge is -2.07. The van der Waals surface area contributed by atoms with Crippen LogP contribution in [0.3, 0.4) is 0 Å².